The van der Waals surface area contributed by atoms with Crippen LogP contribution in [0.3, 0.4) is 0 Å². The van der Waals surface area contributed by atoms with Crippen LogP contribution in [0.1, 0.15) is 45.2 Å². The molecular formula is C25H24N2O7S. The van der Waals surface area contributed by atoms with E-state index in [-0.39, 0.29) is 50.9 Å². The van der Waals surface area contributed by atoms with E-state index in [0.29, 0.717) is 19.6 Å². The Balaban J connectivity index is 1.69. The highest BCUT2D eigenvalue weighted by Gasteiger charge is 2.35. The van der Waals surface area contributed by atoms with E-state index < -0.39 is 27.3 Å². The Hall–Kier alpha value is -3.73. The van der Waals surface area contributed by atoms with Gasteiger partial charge in [0.2, 0.25) is 10.0 Å². The van der Waals surface area contributed by atoms with Gasteiger partial charge < -0.3 is 20.3 Å². The summed E-state index contributed by atoms with van der Waals surface area (Å²) in [5, 5.41) is 10.6. The first-order chi connectivity index (χ1) is 16.8. The Labute approximate surface area is 202 Å². The zero-order valence-corrected chi connectivity index (χ0v) is 19.7. The molecule has 3 aromatic carbocycles. The maximum absolute atomic E-state index is 13.1. The van der Waals surface area contributed by atoms with Gasteiger partial charge >= 0.3 is 0 Å². The minimum atomic E-state index is -3.95. The molecular weight excluding hydrogens is 472 g/mol. The number of fused-ring (bicyclic) bond motifs is 2. The molecule has 4 rings (SSSR count). The highest BCUT2D eigenvalue weighted by Crippen LogP contribution is 2.43. The lowest BCUT2D eigenvalue weighted by molar-refractivity contribution is 0.0977. The Bertz CT molecular complexity index is 1420. The van der Waals surface area contributed by atoms with Crippen molar-refractivity contribution in [1.82, 2.24) is 4.72 Å². The predicted octanol–water partition coefficient (Wildman–Crippen LogP) is 3.25. The number of phenols is 1. The SMILES string of the molecule is CCOCCCNS(=O)(=O)c1ccccc1Oc1cc(O)c2c(c1N)C(=O)c1ccccc1C2=O. The van der Waals surface area contributed by atoms with Crippen LogP contribution in [-0.4, -0.2) is 44.8 Å². The van der Waals surface area contributed by atoms with E-state index in [1.165, 1.54) is 30.3 Å². The molecule has 0 atom stereocenters. The molecule has 4 N–H and O–H groups in total. The Morgan fingerprint density at radius 2 is 1.57 bits per heavy atom. The molecule has 0 spiro atoms. The Kier molecular flexibility index (Phi) is 6.88. The molecule has 0 amide bonds. The molecule has 0 saturated heterocycles. The van der Waals surface area contributed by atoms with Gasteiger partial charge in [-0.1, -0.05) is 36.4 Å². The van der Waals surface area contributed by atoms with Crippen LogP contribution in [-0.2, 0) is 14.8 Å². The second kappa shape index (κ2) is 9.87. The maximum Gasteiger partial charge on any atom is 0.244 e. The molecule has 10 heteroatoms. The van der Waals surface area contributed by atoms with Gasteiger partial charge in [-0.2, -0.15) is 0 Å². The molecule has 1 aliphatic rings. The summed E-state index contributed by atoms with van der Waals surface area (Å²) in [5.41, 5.74) is 5.98. The summed E-state index contributed by atoms with van der Waals surface area (Å²) in [6.07, 6.45) is 0.485. The number of phenolic OH excluding ortho intramolecular Hbond substituents is 1. The largest absolute Gasteiger partial charge is 0.507 e. The summed E-state index contributed by atoms with van der Waals surface area (Å²) in [6, 6.07) is 13.2. The monoisotopic (exact) mass is 496 g/mol. The Morgan fingerprint density at radius 3 is 2.26 bits per heavy atom. The van der Waals surface area contributed by atoms with Gasteiger partial charge in [0.05, 0.1) is 16.8 Å². The van der Waals surface area contributed by atoms with E-state index in [0.717, 1.165) is 6.07 Å². The van der Waals surface area contributed by atoms with Crippen LogP contribution in [0.25, 0.3) is 0 Å². The van der Waals surface area contributed by atoms with Crippen LogP contribution in [0.2, 0.25) is 0 Å². The second-order valence-corrected chi connectivity index (χ2v) is 9.49. The third-order valence-corrected chi connectivity index (χ3v) is 7.00. The molecule has 0 aromatic heterocycles. The number of aromatic hydroxyl groups is 1. The molecule has 0 saturated carbocycles. The fourth-order valence-corrected chi connectivity index (χ4v) is 5.04. The molecule has 0 aliphatic heterocycles. The van der Waals surface area contributed by atoms with Gasteiger partial charge in [0.1, 0.15) is 16.4 Å². The normalized spacial score (nSPS) is 12.8. The van der Waals surface area contributed by atoms with Crippen LogP contribution in [0.4, 0.5) is 5.69 Å². The molecule has 182 valence electrons. The van der Waals surface area contributed by atoms with Crippen LogP contribution in [0.5, 0.6) is 17.2 Å². The lowest BCUT2D eigenvalue weighted by Gasteiger charge is -2.22. The minimum absolute atomic E-state index is 0.0640. The smallest absolute Gasteiger partial charge is 0.244 e. The lowest BCUT2D eigenvalue weighted by atomic mass is 9.82. The zero-order valence-electron chi connectivity index (χ0n) is 18.9. The van der Waals surface area contributed by atoms with Crippen LogP contribution < -0.4 is 15.2 Å². The number of hydrogen-bond donors (Lipinski definition) is 3. The number of nitrogens with two attached hydrogens (primary N) is 1. The number of anilines is 1. The van der Waals surface area contributed by atoms with Crippen molar-refractivity contribution in [1.29, 1.82) is 0 Å². The first kappa shape index (κ1) is 24.4. The number of rotatable bonds is 9. The number of sulfonamides is 1. The number of carbonyl (C=O) groups excluding carboxylic acids is 2. The van der Waals surface area contributed by atoms with Gasteiger partial charge in [-0.25, -0.2) is 13.1 Å². The molecule has 0 heterocycles. The van der Waals surface area contributed by atoms with Gasteiger partial charge in [-0.3, -0.25) is 9.59 Å². The summed E-state index contributed by atoms with van der Waals surface area (Å²) in [6.45, 7) is 2.97. The van der Waals surface area contributed by atoms with Crippen molar-refractivity contribution in [2.24, 2.45) is 0 Å². The Morgan fingerprint density at radius 1 is 0.943 bits per heavy atom. The van der Waals surface area contributed by atoms with E-state index in [9.17, 15) is 23.1 Å². The van der Waals surface area contributed by atoms with Crippen molar-refractivity contribution in [3.63, 3.8) is 0 Å². The van der Waals surface area contributed by atoms with Gasteiger partial charge in [0, 0.05) is 37.0 Å². The third kappa shape index (κ3) is 4.63. The molecule has 9 nitrogen and oxygen atoms in total. The first-order valence-electron chi connectivity index (χ1n) is 10.9. The standard InChI is InChI=1S/C25H24N2O7S/c1-2-33-13-7-12-27-35(31,32)20-11-6-5-10-18(20)34-19-14-17(28)21-22(23(19)26)25(30)16-9-4-3-8-15(16)24(21)29/h3-6,8-11,14,27-28H,2,7,12-13,26H2,1H3. The van der Waals surface area contributed by atoms with E-state index in [1.807, 2.05) is 6.92 Å². The minimum Gasteiger partial charge on any atom is -0.507 e. The summed E-state index contributed by atoms with van der Waals surface area (Å²) in [4.78, 5) is 25.9. The average Bonchev–Trinajstić information content (AvgIpc) is 2.84. The lowest BCUT2D eigenvalue weighted by Crippen LogP contribution is -2.26. The molecule has 0 fully saturated rings. The number of benzene rings is 3. The van der Waals surface area contributed by atoms with Gasteiger partial charge in [-0.05, 0) is 25.5 Å². The van der Waals surface area contributed by atoms with Crippen molar-refractivity contribution in [3.05, 3.63) is 76.9 Å². The zero-order chi connectivity index (χ0) is 25.2. The molecule has 0 radical (unpaired) electrons. The van der Waals surface area contributed by atoms with Crippen molar-refractivity contribution >= 4 is 27.3 Å². The molecule has 0 bridgehead atoms. The quantitative estimate of drug-likeness (QED) is 0.182. The number of carbonyl (C=O) groups is 2. The highest BCUT2D eigenvalue weighted by molar-refractivity contribution is 7.89. The maximum atomic E-state index is 13.1. The van der Waals surface area contributed by atoms with Gasteiger partial charge in [-0.15, -0.1) is 0 Å². The van der Waals surface area contributed by atoms with E-state index >= 15 is 0 Å². The predicted molar refractivity (Wildman–Crippen MR) is 129 cm³/mol. The molecule has 35 heavy (non-hydrogen) atoms. The fourth-order valence-electron chi connectivity index (χ4n) is 3.84. The topological polar surface area (TPSA) is 145 Å². The van der Waals surface area contributed by atoms with Crippen molar-refractivity contribution in [3.8, 4) is 17.2 Å². The highest BCUT2D eigenvalue weighted by atomic mass is 32.2. The average molecular weight is 497 g/mol. The van der Waals surface area contributed by atoms with Crippen molar-refractivity contribution in [2.75, 3.05) is 25.5 Å². The summed E-state index contributed by atoms with van der Waals surface area (Å²) in [7, 11) is -3.95. The molecule has 1 aliphatic carbocycles. The van der Waals surface area contributed by atoms with Gasteiger partial charge in [0.25, 0.3) is 0 Å². The summed E-state index contributed by atoms with van der Waals surface area (Å²) < 4.78 is 39.3. The molecule has 0 unspecified atom stereocenters. The van der Waals surface area contributed by atoms with Crippen LogP contribution in [0, 0.1) is 0 Å². The van der Waals surface area contributed by atoms with E-state index in [4.69, 9.17) is 15.2 Å². The van der Waals surface area contributed by atoms with E-state index in [1.54, 1.807) is 18.2 Å². The second-order valence-electron chi connectivity index (χ2n) is 7.76. The summed E-state index contributed by atoms with van der Waals surface area (Å²) in [5.74, 6) is -1.78. The van der Waals surface area contributed by atoms with Crippen LogP contribution in [0.15, 0.2) is 59.5 Å². The first-order valence-corrected chi connectivity index (χ1v) is 12.4. The number of para-hydroxylation sites is 1. The van der Waals surface area contributed by atoms with Crippen molar-refractivity contribution in [2.45, 2.75) is 18.2 Å². The number of ether oxygens (including phenoxy) is 2. The third-order valence-electron chi connectivity index (χ3n) is 5.50. The number of hydrogen-bond acceptors (Lipinski definition) is 8. The number of ketones is 2. The van der Waals surface area contributed by atoms with E-state index in [2.05, 4.69) is 4.72 Å². The van der Waals surface area contributed by atoms with Gasteiger partial charge in [0.15, 0.2) is 17.3 Å². The number of nitrogen functional groups attached to an aromatic ring is 1. The number of nitrogens with one attached hydrogen (secondary N) is 1. The molecule has 3 aromatic rings. The van der Waals surface area contributed by atoms with Crippen molar-refractivity contribution < 1.29 is 32.6 Å². The van der Waals surface area contributed by atoms with Crippen LogP contribution >= 0.6 is 0 Å². The summed E-state index contributed by atoms with van der Waals surface area (Å²) >= 11 is 0. The fraction of sp³-hybridized carbons (Fsp3) is 0.200.